The minimum Gasteiger partial charge on any atom is -0.479 e. The fourth-order valence-electron chi connectivity index (χ4n) is 0.911. The van der Waals surface area contributed by atoms with E-state index in [-0.39, 0.29) is 0 Å². The molecule has 0 aliphatic heterocycles. The van der Waals surface area contributed by atoms with Crippen LogP contribution in [-0.4, -0.2) is 43.5 Å². The first kappa shape index (κ1) is 13.6. The Morgan fingerprint density at radius 2 is 2.00 bits per heavy atom. The Kier molecular flexibility index (Phi) is 4.43. The SMILES string of the molecule is COC(=O)C(N)(C(=O)O)C(C)C=S(=O)=O. The minimum absolute atomic E-state index is 0.630. The van der Waals surface area contributed by atoms with Crippen LogP contribution in [0.3, 0.4) is 0 Å². The summed E-state index contributed by atoms with van der Waals surface area (Å²) in [7, 11) is -1.64. The van der Waals surface area contributed by atoms with Crippen molar-refractivity contribution in [2.75, 3.05) is 7.11 Å². The lowest BCUT2D eigenvalue weighted by Crippen LogP contribution is -2.60. The van der Waals surface area contributed by atoms with Gasteiger partial charge in [-0.1, -0.05) is 6.92 Å². The second-order valence-corrected chi connectivity index (χ2v) is 3.64. The second-order valence-electron chi connectivity index (χ2n) is 2.85. The van der Waals surface area contributed by atoms with Gasteiger partial charge in [-0.05, 0) is 0 Å². The van der Waals surface area contributed by atoms with Crippen LogP contribution in [0.1, 0.15) is 6.92 Å². The number of carbonyl (C=O) groups is 2. The summed E-state index contributed by atoms with van der Waals surface area (Å²) >= 11 is 0. The Bertz CT molecular complexity index is 392. The molecule has 2 atom stereocenters. The number of hydrogen-bond acceptors (Lipinski definition) is 6. The monoisotopic (exact) mass is 237 g/mol. The fourth-order valence-corrected chi connectivity index (χ4v) is 1.46. The lowest BCUT2D eigenvalue weighted by atomic mass is 9.87. The zero-order valence-electron chi connectivity index (χ0n) is 8.13. The third-order valence-corrected chi connectivity index (χ3v) is 2.54. The number of methoxy groups -OCH3 is 1. The average molecular weight is 237 g/mol. The molecule has 0 aromatic heterocycles. The molecular formula is C7H11NO6S. The van der Waals surface area contributed by atoms with Gasteiger partial charge in [-0.25, -0.2) is 9.59 Å². The van der Waals surface area contributed by atoms with Gasteiger partial charge in [0.05, 0.1) is 7.11 Å². The number of nitrogens with two attached hydrogens (primary N) is 1. The highest BCUT2D eigenvalue weighted by Gasteiger charge is 2.48. The zero-order chi connectivity index (χ0) is 12.2. The molecule has 0 amide bonds. The maximum absolute atomic E-state index is 11.1. The molecule has 7 nitrogen and oxygen atoms in total. The first-order chi connectivity index (χ1) is 6.76. The second kappa shape index (κ2) is 4.89. The van der Waals surface area contributed by atoms with Crippen LogP contribution in [0.25, 0.3) is 0 Å². The summed E-state index contributed by atoms with van der Waals surface area (Å²) in [5.74, 6) is -4.06. The van der Waals surface area contributed by atoms with Crippen LogP contribution < -0.4 is 5.73 Å². The summed E-state index contributed by atoms with van der Waals surface area (Å²) in [6, 6.07) is 0. The Morgan fingerprint density at radius 3 is 2.27 bits per heavy atom. The van der Waals surface area contributed by atoms with Gasteiger partial charge in [0.2, 0.25) is 15.8 Å². The van der Waals surface area contributed by atoms with Gasteiger partial charge >= 0.3 is 11.9 Å². The summed E-state index contributed by atoms with van der Waals surface area (Å²) in [5, 5.41) is 9.40. The van der Waals surface area contributed by atoms with Crippen molar-refractivity contribution in [3.63, 3.8) is 0 Å². The van der Waals surface area contributed by atoms with E-state index in [4.69, 9.17) is 10.8 Å². The van der Waals surface area contributed by atoms with E-state index in [1.807, 2.05) is 0 Å². The molecule has 0 fully saturated rings. The Morgan fingerprint density at radius 1 is 1.53 bits per heavy atom. The van der Waals surface area contributed by atoms with Crippen LogP contribution >= 0.6 is 0 Å². The predicted octanol–water partition coefficient (Wildman–Crippen LogP) is -1.74. The van der Waals surface area contributed by atoms with Crippen molar-refractivity contribution in [3.05, 3.63) is 0 Å². The lowest BCUT2D eigenvalue weighted by molar-refractivity contribution is -0.160. The van der Waals surface area contributed by atoms with E-state index in [0.717, 1.165) is 7.11 Å². The van der Waals surface area contributed by atoms with Gasteiger partial charge in [0.15, 0.2) is 0 Å². The quantitative estimate of drug-likeness (QED) is 0.338. The maximum atomic E-state index is 11.1. The lowest BCUT2D eigenvalue weighted by Gasteiger charge is -2.24. The topological polar surface area (TPSA) is 124 Å². The Hall–Kier alpha value is -1.41. The molecule has 2 unspecified atom stereocenters. The first-order valence-electron chi connectivity index (χ1n) is 3.80. The van der Waals surface area contributed by atoms with Crippen LogP contribution in [0, 0.1) is 5.92 Å². The highest BCUT2D eigenvalue weighted by molar-refractivity contribution is 7.71. The van der Waals surface area contributed by atoms with E-state index in [9.17, 15) is 18.0 Å². The van der Waals surface area contributed by atoms with Crippen LogP contribution in [0.5, 0.6) is 0 Å². The third kappa shape index (κ3) is 2.77. The molecule has 0 radical (unpaired) electrons. The maximum Gasteiger partial charge on any atom is 0.338 e. The van der Waals surface area contributed by atoms with Crippen molar-refractivity contribution in [2.24, 2.45) is 11.7 Å². The van der Waals surface area contributed by atoms with Gasteiger partial charge in [-0.2, -0.15) is 8.42 Å². The van der Waals surface area contributed by atoms with E-state index < -0.39 is 33.7 Å². The van der Waals surface area contributed by atoms with Crippen LogP contribution in [0.15, 0.2) is 0 Å². The smallest absolute Gasteiger partial charge is 0.338 e. The molecule has 0 spiro atoms. The summed E-state index contributed by atoms with van der Waals surface area (Å²) < 4.78 is 24.9. The molecule has 3 N–H and O–H groups in total. The molecule has 0 saturated carbocycles. The van der Waals surface area contributed by atoms with Gasteiger partial charge in [-0.3, -0.25) is 0 Å². The number of carbonyl (C=O) groups excluding carboxylic acids is 1. The fraction of sp³-hybridized carbons (Fsp3) is 0.571. The van der Waals surface area contributed by atoms with E-state index in [2.05, 4.69) is 4.74 Å². The number of rotatable bonds is 4. The molecule has 0 heterocycles. The molecule has 0 aromatic carbocycles. The largest absolute Gasteiger partial charge is 0.479 e. The molecule has 15 heavy (non-hydrogen) atoms. The van der Waals surface area contributed by atoms with Gasteiger partial charge in [0, 0.05) is 11.3 Å². The van der Waals surface area contributed by atoms with E-state index in [1.165, 1.54) is 6.92 Å². The summed E-state index contributed by atoms with van der Waals surface area (Å²) in [4.78, 5) is 21.9. The van der Waals surface area contributed by atoms with Gasteiger partial charge in [0.25, 0.3) is 0 Å². The minimum atomic E-state index is -2.60. The average Bonchev–Trinajstić information content (AvgIpc) is 2.13. The number of ether oxygens (including phenoxy) is 1. The predicted molar refractivity (Wildman–Crippen MR) is 50.7 cm³/mol. The molecule has 0 aliphatic carbocycles. The Labute approximate surface area is 87.4 Å². The normalized spacial score (nSPS) is 15.9. The number of carboxylic acid groups (broad SMARTS) is 1. The van der Waals surface area contributed by atoms with Crippen LogP contribution in [0.2, 0.25) is 0 Å². The van der Waals surface area contributed by atoms with Crippen molar-refractivity contribution in [1.29, 1.82) is 0 Å². The van der Waals surface area contributed by atoms with Crippen LogP contribution in [0.4, 0.5) is 0 Å². The number of carboxylic acids is 1. The number of aliphatic carboxylic acids is 1. The third-order valence-electron chi connectivity index (χ3n) is 1.91. The summed E-state index contributed by atoms with van der Waals surface area (Å²) in [6.45, 7) is 1.20. The van der Waals surface area contributed by atoms with Gasteiger partial charge < -0.3 is 15.6 Å². The van der Waals surface area contributed by atoms with Gasteiger partial charge in [0.1, 0.15) is 0 Å². The summed E-state index contributed by atoms with van der Waals surface area (Å²) in [5.41, 5.74) is 2.91. The molecule has 0 saturated heterocycles. The molecule has 0 rings (SSSR count). The van der Waals surface area contributed by atoms with Crippen molar-refractivity contribution >= 4 is 27.6 Å². The zero-order valence-corrected chi connectivity index (χ0v) is 8.95. The molecule has 0 aliphatic rings. The highest BCUT2D eigenvalue weighted by atomic mass is 32.2. The number of hydrogen-bond donors (Lipinski definition) is 2. The van der Waals surface area contributed by atoms with Crippen molar-refractivity contribution in [2.45, 2.75) is 12.5 Å². The van der Waals surface area contributed by atoms with E-state index in [0.29, 0.717) is 5.37 Å². The van der Waals surface area contributed by atoms with Crippen LogP contribution in [-0.2, 0) is 24.6 Å². The molecule has 86 valence electrons. The van der Waals surface area contributed by atoms with Crippen molar-refractivity contribution < 1.29 is 27.9 Å². The first-order valence-corrected chi connectivity index (χ1v) is 4.94. The standard InChI is InChI=1S/C7H11NO6S/c1-4(3-15(12)13)7(8,5(9)10)6(11)14-2/h3-4H,8H2,1-2H3,(H,9,10). The highest BCUT2D eigenvalue weighted by Crippen LogP contribution is 2.14. The molecule has 0 aromatic rings. The van der Waals surface area contributed by atoms with E-state index in [1.54, 1.807) is 0 Å². The van der Waals surface area contributed by atoms with E-state index >= 15 is 0 Å². The Balaban J connectivity index is 5.40. The van der Waals surface area contributed by atoms with Crippen molar-refractivity contribution in [1.82, 2.24) is 0 Å². The van der Waals surface area contributed by atoms with Gasteiger partial charge in [-0.15, -0.1) is 0 Å². The number of esters is 1. The summed E-state index contributed by atoms with van der Waals surface area (Å²) in [6.07, 6.45) is 0. The molecular weight excluding hydrogens is 226 g/mol. The van der Waals surface area contributed by atoms with Crippen molar-refractivity contribution in [3.8, 4) is 0 Å². The molecule has 0 bridgehead atoms. The molecule has 8 heteroatoms.